The average molecular weight is 2060 g/mol. The molecule has 11 aromatic carbocycles. The Morgan fingerprint density at radius 3 is 1.20 bits per heavy atom. The fourth-order valence-electron chi connectivity index (χ4n) is 17.2. The number of benzene rings is 11. The van der Waals surface area contributed by atoms with E-state index >= 15 is 4.39 Å². The third-order valence-electron chi connectivity index (χ3n) is 24.8. The van der Waals surface area contributed by atoms with Crippen molar-refractivity contribution in [2.45, 2.75) is 102 Å². The average Bonchev–Trinajstić information content (AvgIpc) is 0.745. The zero-order chi connectivity index (χ0) is 106. The van der Waals surface area contributed by atoms with Gasteiger partial charge in [-0.25, -0.2) is 41.4 Å². The first-order valence-corrected chi connectivity index (χ1v) is 47.4. The van der Waals surface area contributed by atoms with Crippen LogP contribution < -0.4 is 48.7 Å². The van der Waals surface area contributed by atoms with Gasteiger partial charge in [-0.1, -0.05) is 154 Å². The number of halogens is 15. The molecule has 4 atom stereocenters. The number of piperazine rings is 3. The molecule has 0 spiro atoms. The summed E-state index contributed by atoms with van der Waals surface area (Å²) in [6.07, 6.45) is -9.36. The summed E-state index contributed by atoms with van der Waals surface area (Å²) in [5.41, 5.74) is 1.68. The predicted octanol–water partition coefficient (Wildman–Crippen LogP) is 23.0. The maximum atomic E-state index is 15.1. The van der Waals surface area contributed by atoms with Gasteiger partial charge in [0.05, 0.1) is 63.3 Å². The molecule has 3 saturated heterocycles. The van der Waals surface area contributed by atoms with Crippen molar-refractivity contribution < 1.29 is 117 Å². The molecule has 5 aliphatic rings. The van der Waals surface area contributed by atoms with E-state index in [2.05, 4.69) is 39.5 Å². The lowest BCUT2D eigenvalue weighted by Crippen LogP contribution is -2.55. The summed E-state index contributed by atoms with van der Waals surface area (Å²) in [6.45, 7) is 17.9. The summed E-state index contributed by atoms with van der Waals surface area (Å²) in [5, 5.41) is 3.04. The van der Waals surface area contributed by atoms with E-state index in [0.29, 0.717) is 154 Å². The molecule has 0 aromatic heterocycles. The molecule has 16 rings (SSSR count). The quantitative estimate of drug-likeness (QED) is 0.0251. The Morgan fingerprint density at radius 1 is 0.452 bits per heavy atom. The van der Waals surface area contributed by atoms with E-state index in [1.165, 1.54) is 67.8 Å². The van der Waals surface area contributed by atoms with E-state index in [1.54, 1.807) is 133 Å². The first-order chi connectivity index (χ1) is 69.5. The Labute approximate surface area is 834 Å². The van der Waals surface area contributed by atoms with Gasteiger partial charge >= 0.3 is 52.3 Å². The van der Waals surface area contributed by atoms with Crippen LogP contribution in [-0.4, -0.2) is 172 Å². The van der Waals surface area contributed by atoms with Crippen LogP contribution in [0, 0.1) is 38.2 Å². The summed E-state index contributed by atoms with van der Waals surface area (Å²) in [7, 11) is 0.629. The Balaban J connectivity index is 0.000000185. The van der Waals surface area contributed by atoms with Crippen LogP contribution in [0.5, 0.6) is 17.2 Å². The second-order valence-corrected chi connectivity index (χ2v) is 35.4. The van der Waals surface area contributed by atoms with Gasteiger partial charge in [-0.3, -0.25) is 0 Å². The van der Waals surface area contributed by atoms with Crippen molar-refractivity contribution in [1.82, 2.24) is 19.4 Å². The number of rotatable bonds is 19. The highest BCUT2D eigenvalue weighted by atomic mass is 32.2. The van der Waals surface area contributed by atoms with E-state index < -0.39 is 86.1 Å². The van der Waals surface area contributed by atoms with E-state index in [9.17, 15) is 74.7 Å². The summed E-state index contributed by atoms with van der Waals surface area (Å²) in [5.74, 6) is 0.749. The monoisotopic (exact) mass is 2050 g/mol. The van der Waals surface area contributed by atoms with E-state index in [-0.39, 0.29) is 53.1 Å². The summed E-state index contributed by atoms with van der Waals surface area (Å²) in [4.78, 5) is 74.6. The maximum absolute atomic E-state index is 15.1. The number of methoxy groups -OCH3 is 4. The van der Waals surface area contributed by atoms with Gasteiger partial charge < -0.3 is 63.5 Å². The zero-order valence-corrected chi connectivity index (χ0v) is 81.8. The number of aliphatic imine (C=N–C) groups is 3. The number of hydrogen-bond acceptors (Lipinski definition) is 21. The Hall–Kier alpha value is -15.1. The highest BCUT2D eigenvalue weighted by Crippen LogP contribution is 2.48. The minimum absolute atomic E-state index is 0.0741. The van der Waals surface area contributed by atoms with Gasteiger partial charge in [-0.15, -0.1) is 0 Å². The minimum Gasteiger partial charge on any atom is -0.497 e. The van der Waals surface area contributed by atoms with Crippen molar-refractivity contribution in [3.05, 3.63) is 327 Å². The molecular weight excluding hydrogens is 1950 g/mol. The molecule has 40 heteroatoms. The molecule has 2 N–H and O–H groups in total. The molecular formula is C106H106F15N13O11S. The standard InChI is InChI=1S/C30H30F4N4O3.2C29H30F4N4O.C16H16F3NO2S.2CO2/c1-20-10-12-22(30(32,33)34)18-26(20)35-29(36-28-21(6-4-9-25(28)31)11-13-27(39)41-3)38-16-14-37(15-17-38)23-7-5-8-24(19-23)40-2;2*1-4-25-23-9-6-10-24(30)27(23)34-28(37(25)26-17-20(29(31,32)33)12-11-19(26)2)36-15-13-35(14-16-36)21-7-5-8-22(18-21)38-3;1-12(13-8-4-2-5-9-13)15(14-10-6-3-7-11-14)20-23(21,22)16(17,18)19;2*2-1-3/h4-13,18-19H,14-17H2,1-3H3,(H,35,36);2*5-12,17-18,25H,4,13-16H2,1-3H3;2-12,15,20H,1H3;;/b13-11+;;;;;/t;2*25-;12-,15+;;/m.001../s1. The van der Waals surface area contributed by atoms with Crippen LogP contribution in [-0.2, 0) is 57.3 Å². The molecule has 24 nitrogen and oxygen atoms in total. The predicted molar refractivity (Wildman–Crippen MR) is 527 cm³/mol. The first-order valence-electron chi connectivity index (χ1n) is 45.9. The molecule has 146 heavy (non-hydrogen) atoms. The lowest BCUT2D eigenvalue weighted by molar-refractivity contribution is -0.193. The fourth-order valence-corrected chi connectivity index (χ4v) is 18.0. The number of nitrogens with zero attached hydrogens (tertiary/aromatic N) is 11. The lowest BCUT2D eigenvalue weighted by Gasteiger charge is -2.45. The number of ether oxygens (including phenoxy) is 4. The number of hydrogen-bond donors (Lipinski definition) is 2. The lowest BCUT2D eigenvalue weighted by atomic mass is 9.89. The van der Waals surface area contributed by atoms with E-state index in [4.69, 9.17) is 43.4 Å². The molecule has 0 amide bonds. The zero-order valence-electron chi connectivity index (χ0n) is 80.9. The molecule has 5 aliphatic heterocycles. The van der Waals surface area contributed by atoms with Crippen molar-refractivity contribution in [1.29, 1.82) is 0 Å². The molecule has 0 radical (unpaired) electrons. The van der Waals surface area contributed by atoms with Crippen LogP contribution >= 0.6 is 0 Å². The molecule has 0 unspecified atom stereocenters. The van der Waals surface area contributed by atoms with Crippen molar-refractivity contribution in [2.75, 3.05) is 137 Å². The number of aryl methyl sites for hydroxylation is 3. The number of fused-ring (bicyclic) bond motifs is 2. The number of carbonyl (C=O) groups is 1. The topological polar surface area (TPSA) is 243 Å². The van der Waals surface area contributed by atoms with Crippen molar-refractivity contribution in [2.24, 2.45) is 15.0 Å². The molecule has 0 aliphatic carbocycles. The summed E-state index contributed by atoms with van der Waals surface area (Å²) < 4.78 is 252. The number of sulfonamides is 1. The van der Waals surface area contributed by atoms with Gasteiger partial charge in [-0.2, -0.15) is 76.6 Å². The van der Waals surface area contributed by atoms with Gasteiger partial charge in [0.2, 0.25) is 17.9 Å². The maximum Gasteiger partial charge on any atom is 0.511 e. The van der Waals surface area contributed by atoms with Crippen LogP contribution in [0.3, 0.4) is 0 Å². The second-order valence-electron chi connectivity index (χ2n) is 33.7. The van der Waals surface area contributed by atoms with Gasteiger partial charge in [0.1, 0.15) is 51.8 Å². The van der Waals surface area contributed by atoms with Crippen LogP contribution in [0.4, 0.5) is 117 Å². The molecule has 11 aromatic rings. The summed E-state index contributed by atoms with van der Waals surface area (Å²) in [6, 6.07) is 63.4. The SMILES string of the molecule is CC[C@H]1c2cccc(F)c2N=C(N2CCN(c3cccc(OC)c3)CC2)N1c1cc(C(F)(F)F)ccc1C.CC[C@H]1c2cccc(F)c2N=C(N2CCN(c3cccc(OC)c3)CC2)N1c1cc(C(F)(F)F)ccc1C.COC(=O)/C=C/c1cccc(F)c1N=C(Nc1cc(C(F)(F)F)ccc1C)N1CCN(c2cccc(OC)c2)CC1.C[C@H](c1ccccc1)[C@H](NS(=O)(=O)C(F)(F)F)c1ccccc1.O=C=O.O=C=O. The third-order valence-corrected chi connectivity index (χ3v) is 25.9. The number of para-hydroxylation sites is 3. The number of anilines is 6. The highest BCUT2D eigenvalue weighted by Gasteiger charge is 2.48. The number of alkyl halides is 12. The smallest absolute Gasteiger partial charge is 0.497 e. The van der Waals surface area contributed by atoms with E-state index in [1.807, 2.05) is 113 Å². The number of esters is 1. The Morgan fingerprint density at radius 2 is 0.815 bits per heavy atom. The van der Waals surface area contributed by atoms with Crippen molar-refractivity contribution in [3.8, 4) is 17.2 Å². The first kappa shape index (κ1) is 111. The van der Waals surface area contributed by atoms with Crippen molar-refractivity contribution >= 4 is 103 Å². The largest absolute Gasteiger partial charge is 0.511 e. The molecule has 0 bridgehead atoms. The minimum atomic E-state index is -5.45. The second kappa shape index (κ2) is 49.9. The van der Waals surface area contributed by atoms with Gasteiger partial charge in [0, 0.05) is 160 Å². The fraction of sp³-hybridized carbons (Fsp3) is 0.302. The Bertz CT molecular complexity index is 6410. The molecule has 3 fully saturated rings. The summed E-state index contributed by atoms with van der Waals surface area (Å²) >= 11 is 0. The van der Waals surface area contributed by atoms with Crippen LogP contribution in [0.2, 0.25) is 0 Å². The van der Waals surface area contributed by atoms with Crippen LogP contribution in [0.1, 0.15) is 119 Å². The molecule has 5 heterocycles. The number of guanidine groups is 3. The van der Waals surface area contributed by atoms with Crippen LogP contribution in [0.25, 0.3) is 6.08 Å². The van der Waals surface area contributed by atoms with E-state index in [0.717, 1.165) is 70.2 Å². The van der Waals surface area contributed by atoms with Crippen LogP contribution in [0.15, 0.2) is 264 Å². The van der Waals surface area contributed by atoms with Crippen molar-refractivity contribution in [3.63, 3.8) is 0 Å². The Kier molecular flexibility index (Phi) is 38.0. The van der Waals surface area contributed by atoms with Gasteiger partial charge in [0.15, 0.2) is 0 Å². The molecule has 772 valence electrons. The number of carbonyl (C=O) groups excluding carboxylic acids is 5. The molecule has 0 saturated carbocycles. The van der Waals surface area contributed by atoms with Gasteiger partial charge in [-0.05, 0) is 159 Å². The normalized spacial score (nSPS) is 15.8. The van der Waals surface area contributed by atoms with Gasteiger partial charge in [0.25, 0.3) is 0 Å². The number of nitrogens with one attached hydrogen (secondary N) is 2. The highest BCUT2D eigenvalue weighted by molar-refractivity contribution is 7.90. The third kappa shape index (κ3) is 27.9.